The summed E-state index contributed by atoms with van der Waals surface area (Å²) in [6, 6.07) is 0.627. The first-order chi connectivity index (χ1) is 10.7. The van der Waals surface area contributed by atoms with E-state index in [2.05, 4.69) is 10.6 Å². The molecule has 0 aromatic carbocycles. The molecule has 0 aromatic rings. The van der Waals surface area contributed by atoms with Gasteiger partial charge in [-0.1, -0.05) is 25.7 Å². The molecule has 2 rings (SSSR count). The fourth-order valence-corrected chi connectivity index (χ4v) is 3.57. The Morgan fingerprint density at radius 3 is 2.41 bits per heavy atom. The third kappa shape index (κ3) is 5.59. The summed E-state index contributed by atoms with van der Waals surface area (Å²) in [7, 11) is 0. The molecule has 126 valence electrons. The van der Waals surface area contributed by atoms with Crippen LogP contribution in [0.2, 0.25) is 0 Å². The van der Waals surface area contributed by atoms with Crippen LogP contribution in [0.4, 0.5) is 0 Å². The zero-order valence-electron chi connectivity index (χ0n) is 13.9. The molecule has 1 aliphatic heterocycles. The average molecular weight is 309 g/mol. The van der Waals surface area contributed by atoms with Gasteiger partial charge in [0.15, 0.2) is 0 Å². The molecule has 0 radical (unpaired) electrons. The van der Waals surface area contributed by atoms with Gasteiger partial charge in [0, 0.05) is 39.1 Å². The van der Waals surface area contributed by atoms with E-state index in [0.29, 0.717) is 19.1 Å². The number of piperidine rings is 1. The molecule has 1 unspecified atom stereocenters. The van der Waals surface area contributed by atoms with Gasteiger partial charge in [-0.3, -0.25) is 9.59 Å². The zero-order chi connectivity index (χ0) is 15.8. The van der Waals surface area contributed by atoms with E-state index in [1.807, 2.05) is 0 Å². The topological polar surface area (TPSA) is 61.4 Å². The molecule has 1 heterocycles. The highest BCUT2D eigenvalue weighted by molar-refractivity contribution is 5.80. The van der Waals surface area contributed by atoms with Crippen LogP contribution in [-0.4, -0.2) is 48.9 Å². The summed E-state index contributed by atoms with van der Waals surface area (Å²) in [6.45, 7) is 4.49. The van der Waals surface area contributed by atoms with Crippen molar-refractivity contribution in [3.8, 4) is 0 Å². The van der Waals surface area contributed by atoms with Gasteiger partial charge in [0.1, 0.15) is 0 Å². The van der Waals surface area contributed by atoms with Gasteiger partial charge >= 0.3 is 0 Å². The Kier molecular flexibility index (Phi) is 7.16. The lowest BCUT2D eigenvalue weighted by atomic mass is 9.97. The molecule has 2 amide bonds. The number of amides is 2. The largest absolute Gasteiger partial charge is 0.355 e. The summed E-state index contributed by atoms with van der Waals surface area (Å²) < 4.78 is 0. The molecule has 1 saturated carbocycles. The first-order valence-corrected chi connectivity index (χ1v) is 8.93. The molecular weight excluding hydrogens is 278 g/mol. The van der Waals surface area contributed by atoms with Gasteiger partial charge in [-0.05, 0) is 25.7 Å². The second-order valence-electron chi connectivity index (χ2n) is 6.74. The molecule has 2 fully saturated rings. The molecule has 1 atom stereocenters. The van der Waals surface area contributed by atoms with Crippen LogP contribution in [0.15, 0.2) is 0 Å². The fraction of sp³-hybridized carbons (Fsp3) is 0.882. The molecule has 5 heteroatoms. The van der Waals surface area contributed by atoms with Crippen molar-refractivity contribution in [2.24, 2.45) is 5.92 Å². The minimum absolute atomic E-state index is 0.0319. The van der Waals surface area contributed by atoms with Crippen molar-refractivity contribution in [2.45, 2.75) is 64.3 Å². The predicted molar refractivity (Wildman–Crippen MR) is 87.5 cm³/mol. The number of hydrogen-bond donors (Lipinski definition) is 2. The van der Waals surface area contributed by atoms with E-state index in [1.54, 1.807) is 11.8 Å². The summed E-state index contributed by atoms with van der Waals surface area (Å²) in [5, 5.41) is 6.60. The van der Waals surface area contributed by atoms with Crippen molar-refractivity contribution in [1.29, 1.82) is 0 Å². The second kappa shape index (κ2) is 9.13. The van der Waals surface area contributed by atoms with Crippen LogP contribution in [0.25, 0.3) is 0 Å². The van der Waals surface area contributed by atoms with E-state index in [1.165, 1.54) is 38.5 Å². The SMILES string of the molecule is CC(=O)N1CCCC(C(=O)NCCNC2CCCCCC2)C1. The van der Waals surface area contributed by atoms with E-state index in [4.69, 9.17) is 0 Å². The number of carbonyl (C=O) groups excluding carboxylic acids is 2. The van der Waals surface area contributed by atoms with Crippen LogP contribution < -0.4 is 10.6 Å². The first-order valence-electron chi connectivity index (χ1n) is 8.93. The van der Waals surface area contributed by atoms with E-state index >= 15 is 0 Å². The van der Waals surface area contributed by atoms with Gasteiger partial charge in [-0.15, -0.1) is 0 Å². The minimum atomic E-state index is -0.0319. The standard InChI is InChI=1S/C17H31N3O2/c1-14(21)20-12-6-7-15(13-20)17(22)19-11-10-18-16-8-4-2-3-5-9-16/h15-16,18H,2-13H2,1H3,(H,19,22). The average Bonchev–Trinajstić information content (AvgIpc) is 2.80. The van der Waals surface area contributed by atoms with E-state index in [-0.39, 0.29) is 17.7 Å². The number of nitrogens with zero attached hydrogens (tertiary/aromatic N) is 1. The molecule has 1 aliphatic carbocycles. The van der Waals surface area contributed by atoms with Crippen LogP contribution in [-0.2, 0) is 9.59 Å². The lowest BCUT2D eigenvalue weighted by molar-refractivity contribution is -0.133. The van der Waals surface area contributed by atoms with Crippen LogP contribution in [0.5, 0.6) is 0 Å². The van der Waals surface area contributed by atoms with Crippen molar-refractivity contribution in [3.63, 3.8) is 0 Å². The molecule has 0 spiro atoms. The monoisotopic (exact) mass is 309 g/mol. The second-order valence-corrected chi connectivity index (χ2v) is 6.74. The van der Waals surface area contributed by atoms with Gasteiger partial charge in [-0.2, -0.15) is 0 Å². The smallest absolute Gasteiger partial charge is 0.224 e. The van der Waals surface area contributed by atoms with Gasteiger partial charge in [0.25, 0.3) is 0 Å². The number of carbonyl (C=O) groups is 2. The lowest BCUT2D eigenvalue weighted by Crippen LogP contribution is -2.46. The number of nitrogens with one attached hydrogen (secondary N) is 2. The number of rotatable bonds is 5. The van der Waals surface area contributed by atoms with Crippen molar-refractivity contribution in [3.05, 3.63) is 0 Å². The summed E-state index contributed by atoms with van der Waals surface area (Å²) in [5.74, 6) is 0.150. The van der Waals surface area contributed by atoms with Crippen molar-refractivity contribution >= 4 is 11.8 Å². The Morgan fingerprint density at radius 1 is 1.00 bits per heavy atom. The lowest BCUT2D eigenvalue weighted by Gasteiger charge is -2.31. The van der Waals surface area contributed by atoms with Crippen LogP contribution in [0, 0.1) is 5.92 Å². The Bertz CT molecular complexity index is 365. The normalized spacial score (nSPS) is 23.9. The maximum atomic E-state index is 12.2. The van der Waals surface area contributed by atoms with Crippen LogP contribution in [0.1, 0.15) is 58.3 Å². The van der Waals surface area contributed by atoms with Gasteiger partial charge in [0.05, 0.1) is 5.92 Å². The molecular formula is C17H31N3O2. The number of likely N-dealkylation sites (tertiary alicyclic amines) is 1. The zero-order valence-corrected chi connectivity index (χ0v) is 13.9. The first kappa shape index (κ1) is 17.3. The highest BCUT2D eigenvalue weighted by Gasteiger charge is 2.26. The van der Waals surface area contributed by atoms with Crippen molar-refractivity contribution < 1.29 is 9.59 Å². The van der Waals surface area contributed by atoms with E-state index in [0.717, 1.165) is 25.9 Å². The number of hydrogen-bond acceptors (Lipinski definition) is 3. The van der Waals surface area contributed by atoms with E-state index in [9.17, 15) is 9.59 Å². The van der Waals surface area contributed by atoms with E-state index < -0.39 is 0 Å². The Morgan fingerprint density at radius 2 is 1.73 bits per heavy atom. The third-order valence-electron chi connectivity index (χ3n) is 4.95. The molecule has 2 N–H and O–H groups in total. The summed E-state index contributed by atoms with van der Waals surface area (Å²) in [5.41, 5.74) is 0. The fourth-order valence-electron chi connectivity index (χ4n) is 3.57. The highest BCUT2D eigenvalue weighted by Crippen LogP contribution is 2.17. The minimum Gasteiger partial charge on any atom is -0.355 e. The van der Waals surface area contributed by atoms with Crippen molar-refractivity contribution in [2.75, 3.05) is 26.2 Å². The van der Waals surface area contributed by atoms with Gasteiger partial charge in [-0.25, -0.2) is 0 Å². The summed E-state index contributed by atoms with van der Waals surface area (Å²) in [4.78, 5) is 25.4. The Labute approximate surface area is 134 Å². The summed E-state index contributed by atoms with van der Waals surface area (Å²) in [6.07, 6.45) is 9.74. The Hall–Kier alpha value is -1.10. The van der Waals surface area contributed by atoms with Crippen LogP contribution >= 0.6 is 0 Å². The molecule has 1 saturated heterocycles. The van der Waals surface area contributed by atoms with Crippen LogP contribution in [0.3, 0.4) is 0 Å². The molecule has 5 nitrogen and oxygen atoms in total. The quantitative estimate of drug-likeness (QED) is 0.600. The third-order valence-corrected chi connectivity index (χ3v) is 4.95. The molecule has 2 aliphatic rings. The summed E-state index contributed by atoms with van der Waals surface area (Å²) >= 11 is 0. The van der Waals surface area contributed by atoms with Gasteiger partial charge < -0.3 is 15.5 Å². The highest BCUT2D eigenvalue weighted by atomic mass is 16.2. The Balaban J connectivity index is 1.61. The predicted octanol–water partition coefficient (Wildman–Crippen LogP) is 1.67. The molecule has 22 heavy (non-hydrogen) atoms. The molecule has 0 aromatic heterocycles. The maximum absolute atomic E-state index is 12.2. The molecule has 0 bridgehead atoms. The van der Waals surface area contributed by atoms with Crippen molar-refractivity contribution in [1.82, 2.24) is 15.5 Å². The maximum Gasteiger partial charge on any atom is 0.224 e. The van der Waals surface area contributed by atoms with Gasteiger partial charge in [0.2, 0.25) is 11.8 Å².